The first kappa shape index (κ1) is 24.1. The topological polar surface area (TPSA) is 126 Å². The summed E-state index contributed by atoms with van der Waals surface area (Å²) < 4.78 is 13.0. The van der Waals surface area contributed by atoms with Gasteiger partial charge in [-0.3, -0.25) is 4.79 Å². The predicted molar refractivity (Wildman–Crippen MR) is 133 cm³/mol. The molecule has 1 aromatic heterocycles. The largest absolute Gasteiger partial charge is 0.457 e. The summed E-state index contributed by atoms with van der Waals surface area (Å²) >= 11 is 0. The van der Waals surface area contributed by atoms with Crippen molar-refractivity contribution in [3.63, 3.8) is 0 Å². The summed E-state index contributed by atoms with van der Waals surface area (Å²) in [5.74, 6) is 0.896. The number of anilines is 1. The van der Waals surface area contributed by atoms with E-state index < -0.39 is 11.5 Å². The fourth-order valence-electron chi connectivity index (χ4n) is 4.12. The highest BCUT2D eigenvalue weighted by Gasteiger charge is 2.32. The molecule has 9 nitrogen and oxygen atoms in total. The third kappa shape index (κ3) is 5.56. The summed E-state index contributed by atoms with van der Waals surface area (Å²) in [5, 5.41) is 4.68. The monoisotopic (exact) mass is 477 g/mol. The number of piperidine rings is 1. The summed E-state index contributed by atoms with van der Waals surface area (Å²) in [6, 6.07) is 16.5. The van der Waals surface area contributed by atoms with Crippen molar-refractivity contribution in [1.29, 1.82) is 0 Å². The van der Waals surface area contributed by atoms with Gasteiger partial charge in [0.2, 0.25) is 0 Å². The second-order valence-electron chi connectivity index (χ2n) is 9.58. The second-order valence-corrected chi connectivity index (χ2v) is 9.58. The average molecular weight is 478 g/mol. The first-order valence-electron chi connectivity index (χ1n) is 11.6. The van der Waals surface area contributed by atoms with Crippen LogP contribution in [0.3, 0.4) is 0 Å². The Labute approximate surface area is 204 Å². The van der Waals surface area contributed by atoms with Crippen LogP contribution in [0.1, 0.15) is 50.0 Å². The van der Waals surface area contributed by atoms with Crippen molar-refractivity contribution in [2.75, 3.05) is 18.8 Å². The zero-order valence-electron chi connectivity index (χ0n) is 20.2. The molecule has 0 spiro atoms. The van der Waals surface area contributed by atoms with Crippen molar-refractivity contribution in [1.82, 2.24) is 14.7 Å². The molecule has 35 heavy (non-hydrogen) atoms. The van der Waals surface area contributed by atoms with Crippen LogP contribution in [0, 0.1) is 0 Å². The fraction of sp³-hybridized carbons (Fsp3) is 0.346. The number of aromatic nitrogens is 2. The molecule has 0 bridgehead atoms. The van der Waals surface area contributed by atoms with Crippen LogP contribution in [0.4, 0.5) is 10.6 Å². The Bertz CT molecular complexity index is 1200. The maximum atomic E-state index is 12.6. The number of hydrogen-bond acceptors (Lipinski definition) is 6. The second kappa shape index (κ2) is 9.69. The number of primary amides is 1. The third-order valence-corrected chi connectivity index (χ3v) is 5.69. The highest BCUT2D eigenvalue weighted by molar-refractivity contribution is 6.03. The van der Waals surface area contributed by atoms with Gasteiger partial charge < -0.3 is 25.8 Å². The van der Waals surface area contributed by atoms with Crippen LogP contribution in [-0.4, -0.2) is 45.4 Å². The van der Waals surface area contributed by atoms with E-state index in [4.69, 9.17) is 20.9 Å². The standard InChI is InChI=1S/C26H31N5O4/c1-26(2,3)35-25(33)30-15-7-8-18(16-30)31-23(27)21(24(28)32)22(29-31)17-11-13-20(14-12-17)34-19-9-5-4-6-10-19/h4-6,9-14,18H,7-8,15-16,27H2,1-3H3,(H2,28,32). The molecule has 1 fully saturated rings. The zero-order valence-corrected chi connectivity index (χ0v) is 20.2. The zero-order chi connectivity index (χ0) is 25.2. The lowest BCUT2D eigenvalue weighted by Crippen LogP contribution is -2.43. The number of rotatable bonds is 5. The summed E-state index contributed by atoms with van der Waals surface area (Å²) in [4.78, 5) is 26.6. The Morgan fingerprint density at radius 2 is 1.69 bits per heavy atom. The quantitative estimate of drug-likeness (QED) is 0.553. The van der Waals surface area contributed by atoms with Gasteiger partial charge in [0.15, 0.2) is 0 Å². The Morgan fingerprint density at radius 1 is 1.03 bits per heavy atom. The van der Waals surface area contributed by atoms with Crippen LogP contribution >= 0.6 is 0 Å². The van der Waals surface area contributed by atoms with Crippen LogP contribution in [-0.2, 0) is 4.74 Å². The summed E-state index contributed by atoms with van der Waals surface area (Å²) in [6.07, 6.45) is 1.14. The van der Waals surface area contributed by atoms with E-state index >= 15 is 0 Å². The van der Waals surface area contributed by atoms with Gasteiger partial charge in [-0.05, 0) is 70.0 Å². The van der Waals surface area contributed by atoms with Gasteiger partial charge in [-0.15, -0.1) is 0 Å². The van der Waals surface area contributed by atoms with Gasteiger partial charge in [-0.2, -0.15) is 5.10 Å². The molecule has 0 radical (unpaired) electrons. The van der Waals surface area contributed by atoms with Gasteiger partial charge >= 0.3 is 6.09 Å². The molecule has 0 saturated carbocycles. The molecule has 184 valence electrons. The first-order chi connectivity index (χ1) is 16.6. The molecule has 4 rings (SSSR count). The lowest BCUT2D eigenvalue weighted by atomic mass is 10.1. The van der Waals surface area contributed by atoms with E-state index in [9.17, 15) is 9.59 Å². The normalized spacial score (nSPS) is 16.1. The van der Waals surface area contributed by atoms with Crippen molar-refractivity contribution >= 4 is 17.8 Å². The predicted octanol–water partition coefficient (Wildman–Crippen LogP) is 4.60. The molecule has 9 heteroatoms. The van der Waals surface area contributed by atoms with E-state index in [0.717, 1.165) is 18.6 Å². The molecule has 1 unspecified atom stereocenters. The van der Waals surface area contributed by atoms with Crippen molar-refractivity contribution in [2.24, 2.45) is 5.73 Å². The highest BCUT2D eigenvalue weighted by Crippen LogP contribution is 2.33. The van der Waals surface area contributed by atoms with E-state index in [2.05, 4.69) is 5.10 Å². The van der Waals surface area contributed by atoms with Crippen LogP contribution < -0.4 is 16.2 Å². The summed E-state index contributed by atoms with van der Waals surface area (Å²) in [5.41, 5.74) is 12.7. The number of carbonyl (C=O) groups excluding carboxylic acids is 2. The van der Waals surface area contributed by atoms with Crippen molar-refractivity contribution < 1.29 is 19.1 Å². The van der Waals surface area contributed by atoms with Gasteiger partial charge in [-0.25, -0.2) is 9.48 Å². The Kier molecular flexibility index (Phi) is 6.68. The van der Waals surface area contributed by atoms with Crippen LogP contribution in [0.5, 0.6) is 11.5 Å². The lowest BCUT2D eigenvalue weighted by Gasteiger charge is -2.34. The molecule has 4 N–H and O–H groups in total. The fourth-order valence-corrected chi connectivity index (χ4v) is 4.12. The molecule has 2 heterocycles. The molecule has 1 atom stereocenters. The number of likely N-dealkylation sites (tertiary alicyclic amines) is 1. The number of carbonyl (C=O) groups is 2. The van der Waals surface area contributed by atoms with Gasteiger partial charge in [0, 0.05) is 18.7 Å². The van der Waals surface area contributed by atoms with Crippen molar-refractivity contribution in [2.45, 2.75) is 45.3 Å². The molecule has 2 aromatic carbocycles. The first-order valence-corrected chi connectivity index (χ1v) is 11.6. The summed E-state index contributed by atoms with van der Waals surface area (Å²) in [7, 11) is 0. The number of nitrogens with two attached hydrogens (primary N) is 2. The van der Waals surface area contributed by atoms with E-state index in [1.165, 1.54) is 0 Å². The van der Waals surface area contributed by atoms with E-state index in [1.807, 2.05) is 63.2 Å². The Balaban J connectivity index is 1.59. The number of benzene rings is 2. The Hall–Kier alpha value is -4.01. The SMILES string of the molecule is CC(C)(C)OC(=O)N1CCCC(n2nc(-c3ccc(Oc4ccccc4)cc3)c(C(N)=O)c2N)C1. The molecule has 1 aliphatic rings. The molecular formula is C26H31N5O4. The van der Waals surface area contributed by atoms with Gasteiger partial charge in [0.05, 0.1) is 6.04 Å². The van der Waals surface area contributed by atoms with E-state index in [0.29, 0.717) is 30.1 Å². The van der Waals surface area contributed by atoms with Crippen molar-refractivity contribution in [3.8, 4) is 22.8 Å². The molecule has 0 aliphatic carbocycles. The smallest absolute Gasteiger partial charge is 0.410 e. The average Bonchev–Trinajstić information content (AvgIpc) is 3.16. The summed E-state index contributed by atoms with van der Waals surface area (Å²) in [6.45, 7) is 6.46. The van der Waals surface area contributed by atoms with E-state index in [-0.39, 0.29) is 23.5 Å². The minimum Gasteiger partial charge on any atom is -0.457 e. The minimum absolute atomic E-state index is 0.163. The maximum Gasteiger partial charge on any atom is 0.410 e. The number of nitrogens with zero attached hydrogens (tertiary/aromatic N) is 3. The number of ether oxygens (including phenoxy) is 2. The molecule has 3 aromatic rings. The van der Waals surface area contributed by atoms with Crippen LogP contribution in [0.15, 0.2) is 54.6 Å². The number of para-hydroxylation sites is 1. The van der Waals surface area contributed by atoms with E-state index in [1.54, 1.807) is 21.7 Å². The number of hydrogen-bond donors (Lipinski definition) is 2. The number of nitrogen functional groups attached to an aromatic ring is 1. The van der Waals surface area contributed by atoms with Crippen LogP contribution in [0.2, 0.25) is 0 Å². The van der Waals surface area contributed by atoms with Gasteiger partial charge in [0.1, 0.15) is 34.2 Å². The lowest BCUT2D eigenvalue weighted by molar-refractivity contribution is 0.0168. The molecule has 1 saturated heterocycles. The van der Waals surface area contributed by atoms with Crippen molar-refractivity contribution in [3.05, 3.63) is 60.2 Å². The third-order valence-electron chi connectivity index (χ3n) is 5.69. The van der Waals surface area contributed by atoms with Gasteiger partial charge in [-0.1, -0.05) is 18.2 Å². The number of amides is 2. The molecule has 2 amide bonds. The molecule has 1 aliphatic heterocycles. The maximum absolute atomic E-state index is 12.6. The van der Waals surface area contributed by atoms with Crippen LogP contribution in [0.25, 0.3) is 11.3 Å². The highest BCUT2D eigenvalue weighted by atomic mass is 16.6. The molecular weight excluding hydrogens is 446 g/mol. The minimum atomic E-state index is -0.659. The van der Waals surface area contributed by atoms with Gasteiger partial charge in [0.25, 0.3) is 5.91 Å². The Morgan fingerprint density at radius 3 is 2.31 bits per heavy atom.